The standard InChI is InChI=1S/C42H50N4O7/c47-35-14-12-33(34-13-15-38(49)44-40(34)35)36(48)27-43-20-4-5-25-52-32-10-8-29(9-11-32)26-39(50)46-23-18-42(19-24-46,31-6-2-1-3-7-31)41(51)53-37-28-45-21-16-30(37)17-22-45/h1-3,6-15,30,36-37,43,47-48H,4-5,16-28H2,(H,44,49). The van der Waals surface area contributed by atoms with E-state index < -0.39 is 11.5 Å². The maximum Gasteiger partial charge on any atom is 0.317 e. The molecule has 1 amide bonds. The van der Waals surface area contributed by atoms with Gasteiger partial charge >= 0.3 is 5.97 Å². The molecule has 5 heterocycles. The van der Waals surface area contributed by atoms with E-state index in [0.717, 1.165) is 62.2 Å². The van der Waals surface area contributed by atoms with E-state index in [-0.39, 0.29) is 35.7 Å². The predicted octanol–water partition coefficient (Wildman–Crippen LogP) is 4.46. The number of esters is 1. The van der Waals surface area contributed by atoms with Crippen LogP contribution in [0.5, 0.6) is 11.5 Å². The number of piperidine rings is 4. The van der Waals surface area contributed by atoms with Gasteiger partial charge in [0.05, 0.1) is 30.1 Å². The van der Waals surface area contributed by atoms with Crippen molar-refractivity contribution in [2.24, 2.45) is 5.92 Å². The lowest BCUT2D eigenvalue weighted by Crippen LogP contribution is -2.55. The van der Waals surface area contributed by atoms with Crippen molar-refractivity contribution in [2.45, 2.75) is 62.6 Å². The van der Waals surface area contributed by atoms with Gasteiger partial charge in [0.15, 0.2) is 0 Å². The van der Waals surface area contributed by atoms with Crippen molar-refractivity contribution in [1.29, 1.82) is 0 Å². The van der Waals surface area contributed by atoms with Gasteiger partial charge in [0.25, 0.3) is 0 Å². The molecule has 11 heteroatoms. The zero-order valence-electron chi connectivity index (χ0n) is 30.2. The number of pyridine rings is 1. The number of phenolic OH excluding ortho intramolecular Hbond substituents is 1. The van der Waals surface area contributed by atoms with Gasteiger partial charge in [0.1, 0.15) is 17.6 Å². The van der Waals surface area contributed by atoms with Gasteiger partial charge in [0, 0.05) is 37.6 Å². The first kappa shape index (κ1) is 36.6. The Hall–Kier alpha value is -4.71. The second kappa shape index (κ2) is 16.5. The summed E-state index contributed by atoms with van der Waals surface area (Å²) in [7, 11) is 0. The van der Waals surface area contributed by atoms with Crippen molar-refractivity contribution < 1.29 is 29.3 Å². The Kier molecular flexibility index (Phi) is 11.4. The molecule has 4 aliphatic rings. The number of nitrogens with one attached hydrogen (secondary N) is 2. The quantitative estimate of drug-likeness (QED) is 0.110. The smallest absolute Gasteiger partial charge is 0.317 e. The summed E-state index contributed by atoms with van der Waals surface area (Å²) < 4.78 is 12.2. The highest BCUT2D eigenvalue weighted by atomic mass is 16.5. The third-order valence-corrected chi connectivity index (χ3v) is 11.4. The molecule has 0 spiro atoms. The lowest BCUT2D eigenvalue weighted by Gasteiger charge is -2.46. The van der Waals surface area contributed by atoms with Crippen LogP contribution in [0.15, 0.2) is 83.7 Å². The van der Waals surface area contributed by atoms with E-state index in [0.29, 0.717) is 68.0 Å². The second-order valence-electron chi connectivity index (χ2n) is 14.8. The highest BCUT2D eigenvalue weighted by molar-refractivity contribution is 5.87. The van der Waals surface area contributed by atoms with Crippen molar-refractivity contribution in [3.8, 4) is 11.5 Å². The number of hydrogen-bond donors (Lipinski definition) is 4. The summed E-state index contributed by atoms with van der Waals surface area (Å²) in [4.78, 5) is 45.9. The van der Waals surface area contributed by atoms with Gasteiger partial charge in [0.2, 0.25) is 11.5 Å². The summed E-state index contributed by atoms with van der Waals surface area (Å²) >= 11 is 0. The number of aromatic nitrogens is 1. The number of likely N-dealkylation sites (tertiary alicyclic amines) is 1. The second-order valence-corrected chi connectivity index (χ2v) is 14.8. The molecule has 0 saturated carbocycles. The summed E-state index contributed by atoms with van der Waals surface area (Å²) in [6, 6.07) is 23.8. The largest absolute Gasteiger partial charge is 0.506 e. The number of aliphatic hydroxyl groups excluding tert-OH is 1. The third kappa shape index (κ3) is 8.43. The number of benzene rings is 3. The van der Waals surface area contributed by atoms with Crippen LogP contribution in [-0.4, -0.2) is 95.4 Å². The maximum absolute atomic E-state index is 13.9. The molecule has 4 aromatic rings. The lowest BCUT2D eigenvalue weighted by atomic mass is 9.72. The van der Waals surface area contributed by atoms with E-state index in [9.17, 15) is 24.6 Å². The molecule has 11 nitrogen and oxygen atoms in total. The minimum atomic E-state index is -0.799. The molecule has 53 heavy (non-hydrogen) atoms. The number of unbranched alkanes of at least 4 members (excludes halogenated alkanes) is 1. The number of ether oxygens (including phenoxy) is 2. The summed E-state index contributed by atoms with van der Waals surface area (Å²) in [6.45, 7) is 5.59. The van der Waals surface area contributed by atoms with Gasteiger partial charge in [-0.15, -0.1) is 0 Å². The van der Waals surface area contributed by atoms with Crippen LogP contribution in [-0.2, 0) is 26.2 Å². The molecular formula is C42H50N4O7. The Morgan fingerprint density at radius 3 is 2.40 bits per heavy atom. The number of carbonyl (C=O) groups excluding carboxylic acids is 2. The first-order chi connectivity index (χ1) is 25.8. The van der Waals surface area contributed by atoms with Crippen molar-refractivity contribution >= 4 is 22.8 Å². The summed E-state index contributed by atoms with van der Waals surface area (Å²) in [5.41, 5.74) is 1.78. The van der Waals surface area contributed by atoms with E-state index in [4.69, 9.17) is 9.47 Å². The number of rotatable bonds is 14. The van der Waals surface area contributed by atoms with Gasteiger partial charge < -0.3 is 34.9 Å². The van der Waals surface area contributed by atoms with E-state index in [1.165, 1.54) is 12.1 Å². The lowest BCUT2D eigenvalue weighted by molar-refractivity contribution is -0.168. The first-order valence-electron chi connectivity index (χ1n) is 19.0. The molecule has 4 N–H and O–H groups in total. The van der Waals surface area contributed by atoms with Crippen LogP contribution in [0.25, 0.3) is 10.9 Å². The Morgan fingerprint density at radius 2 is 1.68 bits per heavy atom. The first-order valence-corrected chi connectivity index (χ1v) is 19.0. The van der Waals surface area contributed by atoms with E-state index in [1.807, 2.05) is 59.5 Å². The number of aliphatic hydroxyl groups is 1. The number of H-pyrrole nitrogens is 1. The molecular weight excluding hydrogens is 672 g/mol. The van der Waals surface area contributed by atoms with Crippen LogP contribution in [0, 0.1) is 5.92 Å². The van der Waals surface area contributed by atoms with Crippen LogP contribution >= 0.6 is 0 Å². The maximum atomic E-state index is 13.9. The SMILES string of the molecule is O=C(Cc1ccc(OCCCCNCC(O)c2ccc(O)c3[nH]c(=O)ccc23)cc1)N1CCC(C(=O)OC2CN3CCC2CC3)(c2ccccc2)CC1. The molecule has 2 bridgehead atoms. The molecule has 4 fully saturated rings. The number of carbonyl (C=O) groups is 2. The Balaban J connectivity index is 0.832. The Morgan fingerprint density at radius 1 is 0.925 bits per heavy atom. The Labute approximate surface area is 309 Å². The zero-order valence-corrected chi connectivity index (χ0v) is 30.2. The molecule has 3 aromatic carbocycles. The molecule has 8 rings (SSSR count). The fourth-order valence-electron chi connectivity index (χ4n) is 8.23. The zero-order chi connectivity index (χ0) is 36.8. The van der Waals surface area contributed by atoms with E-state index in [2.05, 4.69) is 15.2 Å². The van der Waals surface area contributed by atoms with Crippen LogP contribution in [0.1, 0.15) is 61.3 Å². The minimum absolute atomic E-state index is 0.0341. The normalized spacial score (nSPS) is 21.3. The molecule has 2 atom stereocenters. The number of phenols is 1. The van der Waals surface area contributed by atoms with Crippen molar-refractivity contribution in [2.75, 3.05) is 52.4 Å². The highest BCUT2D eigenvalue weighted by Crippen LogP contribution is 2.39. The van der Waals surface area contributed by atoms with Gasteiger partial charge in [-0.1, -0.05) is 48.5 Å². The molecule has 0 aliphatic carbocycles. The van der Waals surface area contributed by atoms with Crippen molar-refractivity contribution in [3.63, 3.8) is 0 Å². The van der Waals surface area contributed by atoms with Crippen LogP contribution in [0.4, 0.5) is 0 Å². The van der Waals surface area contributed by atoms with Gasteiger partial charge in [-0.25, -0.2) is 0 Å². The number of nitrogens with zero attached hydrogens (tertiary/aromatic N) is 2. The minimum Gasteiger partial charge on any atom is -0.506 e. The molecule has 280 valence electrons. The summed E-state index contributed by atoms with van der Waals surface area (Å²) in [5.74, 6) is 1.07. The average molecular weight is 723 g/mol. The number of fused-ring (bicyclic) bond motifs is 4. The van der Waals surface area contributed by atoms with Crippen LogP contribution < -0.4 is 15.6 Å². The molecule has 2 unspecified atom stereocenters. The number of aromatic hydroxyl groups is 1. The fourth-order valence-corrected chi connectivity index (χ4v) is 8.23. The highest BCUT2D eigenvalue weighted by Gasteiger charge is 2.47. The predicted molar refractivity (Wildman–Crippen MR) is 202 cm³/mol. The number of amides is 1. The summed E-state index contributed by atoms with van der Waals surface area (Å²) in [5, 5.41) is 24.7. The molecule has 1 aromatic heterocycles. The van der Waals surface area contributed by atoms with Gasteiger partial charge in [-0.3, -0.25) is 19.3 Å². The van der Waals surface area contributed by atoms with Crippen LogP contribution in [0.3, 0.4) is 0 Å². The topological polar surface area (TPSA) is 144 Å². The number of aromatic amines is 1. The average Bonchev–Trinajstić information content (AvgIpc) is 3.19. The number of hydrogen-bond acceptors (Lipinski definition) is 9. The van der Waals surface area contributed by atoms with E-state index in [1.54, 1.807) is 12.1 Å². The third-order valence-electron chi connectivity index (χ3n) is 11.4. The van der Waals surface area contributed by atoms with Crippen molar-refractivity contribution in [1.82, 2.24) is 20.1 Å². The van der Waals surface area contributed by atoms with Gasteiger partial charge in [-0.05, 0) is 105 Å². The van der Waals surface area contributed by atoms with Gasteiger partial charge in [-0.2, -0.15) is 0 Å². The van der Waals surface area contributed by atoms with Crippen LogP contribution in [0.2, 0.25) is 0 Å². The van der Waals surface area contributed by atoms with Crippen molar-refractivity contribution in [3.05, 3.63) is 106 Å². The monoisotopic (exact) mass is 722 g/mol. The Bertz CT molecular complexity index is 1920. The van der Waals surface area contributed by atoms with E-state index >= 15 is 0 Å². The summed E-state index contributed by atoms with van der Waals surface area (Å²) in [6.07, 6.45) is 4.38. The molecule has 4 saturated heterocycles. The molecule has 0 radical (unpaired) electrons. The fraction of sp³-hybridized carbons (Fsp3) is 0.452. The molecule has 4 aliphatic heterocycles.